The Morgan fingerprint density at radius 3 is 2.32 bits per heavy atom. The molecule has 1 atom stereocenters. The molecule has 4 aliphatic rings. The summed E-state index contributed by atoms with van der Waals surface area (Å²) in [6.07, 6.45) is 17.3. The molecule has 108 valence electrons. The van der Waals surface area contributed by atoms with Crippen LogP contribution in [0.1, 0.15) is 77.0 Å². The highest BCUT2D eigenvalue weighted by molar-refractivity contribution is 4.98. The second-order valence-corrected chi connectivity index (χ2v) is 7.88. The maximum Gasteiger partial charge on any atom is 0.0687 e. The fraction of sp³-hybridized carbons (Fsp3) is 1.00. The molecule has 0 radical (unpaired) electrons. The summed E-state index contributed by atoms with van der Waals surface area (Å²) in [7, 11) is 0. The largest absolute Gasteiger partial charge is 0.372 e. The third kappa shape index (κ3) is 2.58. The van der Waals surface area contributed by atoms with E-state index in [1.165, 1.54) is 83.6 Å². The molecule has 4 fully saturated rings. The summed E-state index contributed by atoms with van der Waals surface area (Å²) < 4.78 is 6.54. The molecule has 3 saturated carbocycles. The quantitative estimate of drug-likeness (QED) is 0.815. The average molecular weight is 263 g/mol. The predicted octanol–water partition coefficient (Wildman–Crippen LogP) is 3.79. The molecule has 3 aliphatic carbocycles. The van der Waals surface area contributed by atoms with Crippen LogP contribution in [-0.4, -0.2) is 24.3 Å². The molecule has 2 heteroatoms. The van der Waals surface area contributed by atoms with Crippen molar-refractivity contribution in [3.05, 3.63) is 0 Å². The molecule has 1 heterocycles. The summed E-state index contributed by atoms with van der Waals surface area (Å²) in [5, 5.41) is 3.78. The molecule has 4 rings (SSSR count). The molecule has 0 aromatic rings. The SMILES string of the molecule is C1CC(CNC2CC2)(CC2CCC3(CCCC3)O2)C1. The molecule has 1 spiro atoms. The zero-order valence-corrected chi connectivity index (χ0v) is 12.3. The van der Waals surface area contributed by atoms with Crippen LogP contribution in [0.5, 0.6) is 0 Å². The summed E-state index contributed by atoms with van der Waals surface area (Å²) in [6, 6.07) is 0.864. The highest BCUT2D eigenvalue weighted by atomic mass is 16.5. The number of nitrogens with one attached hydrogen (secondary N) is 1. The molecule has 0 aromatic carbocycles. The van der Waals surface area contributed by atoms with Gasteiger partial charge in [-0.1, -0.05) is 19.3 Å². The van der Waals surface area contributed by atoms with Crippen molar-refractivity contribution in [3.8, 4) is 0 Å². The van der Waals surface area contributed by atoms with Gasteiger partial charge in [0.15, 0.2) is 0 Å². The zero-order valence-electron chi connectivity index (χ0n) is 12.3. The first-order valence-electron chi connectivity index (χ1n) is 8.69. The lowest BCUT2D eigenvalue weighted by molar-refractivity contribution is -0.0640. The lowest BCUT2D eigenvalue weighted by Crippen LogP contribution is -2.43. The molecule has 2 nitrogen and oxygen atoms in total. The van der Waals surface area contributed by atoms with E-state index in [1.807, 2.05) is 0 Å². The van der Waals surface area contributed by atoms with Gasteiger partial charge in [0.1, 0.15) is 0 Å². The van der Waals surface area contributed by atoms with Crippen molar-refractivity contribution in [1.82, 2.24) is 5.32 Å². The minimum atomic E-state index is 0.333. The van der Waals surface area contributed by atoms with Gasteiger partial charge in [-0.3, -0.25) is 0 Å². The van der Waals surface area contributed by atoms with Crippen molar-refractivity contribution in [3.63, 3.8) is 0 Å². The summed E-state index contributed by atoms with van der Waals surface area (Å²) >= 11 is 0. The van der Waals surface area contributed by atoms with Gasteiger partial charge in [0.2, 0.25) is 0 Å². The minimum absolute atomic E-state index is 0.333. The Balaban J connectivity index is 1.32. The van der Waals surface area contributed by atoms with Crippen LogP contribution in [0.4, 0.5) is 0 Å². The van der Waals surface area contributed by atoms with Gasteiger partial charge in [0, 0.05) is 12.6 Å². The van der Waals surface area contributed by atoms with Crippen LogP contribution in [0.2, 0.25) is 0 Å². The van der Waals surface area contributed by atoms with Gasteiger partial charge in [-0.15, -0.1) is 0 Å². The van der Waals surface area contributed by atoms with Gasteiger partial charge >= 0.3 is 0 Å². The average Bonchev–Trinajstić information content (AvgIpc) is 2.96. The Kier molecular flexibility index (Phi) is 3.15. The highest BCUT2D eigenvalue weighted by Crippen LogP contribution is 2.50. The molecule has 1 N–H and O–H groups in total. The second-order valence-electron chi connectivity index (χ2n) is 7.88. The summed E-state index contributed by atoms with van der Waals surface area (Å²) in [6.45, 7) is 1.27. The van der Waals surface area contributed by atoms with E-state index in [0.29, 0.717) is 17.1 Å². The Morgan fingerprint density at radius 2 is 1.68 bits per heavy atom. The molecule has 0 amide bonds. The van der Waals surface area contributed by atoms with Crippen molar-refractivity contribution in [2.75, 3.05) is 6.54 Å². The van der Waals surface area contributed by atoms with Crippen molar-refractivity contribution in [2.24, 2.45) is 5.41 Å². The van der Waals surface area contributed by atoms with Crippen molar-refractivity contribution >= 4 is 0 Å². The number of hydrogen-bond acceptors (Lipinski definition) is 2. The normalized spacial score (nSPS) is 35.7. The molecular formula is C17H29NO. The zero-order chi connectivity index (χ0) is 12.8. The maximum absolute atomic E-state index is 6.54. The second kappa shape index (κ2) is 4.73. The standard InChI is InChI=1S/C17H29NO/c1-2-10-17(9-1)11-6-15(19-17)12-16(7-3-8-16)13-18-14-4-5-14/h14-15,18H,1-13H2. The van der Waals surface area contributed by atoms with E-state index in [1.54, 1.807) is 0 Å². The van der Waals surface area contributed by atoms with Gasteiger partial charge in [0.05, 0.1) is 11.7 Å². The molecule has 19 heavy (non-hydrogen) atoms. The smallest absolute Gasteiger partial charge is 0.0687 e. The first-order chi connectivity index (χ1) is 9.28. The Labute approximate surface area is 117 Å². The molecular weight excluding hydrogens is 234 g/mol. The summed E-state index contributed by atoms with van der Waals surface area (Å²) in [4.78, 5) is 0. The van der Waals surface area contributed by atoms with Gasteiger partial charge in [-0.25, -0.2) is 0 Å². The Morgan fingerprint density at radius 1 is 0.895 bits per heavy atom. The van der Waals surface area contributed by atoms with E-state index in [9.17, 15) is 0 Å². The third-order valence-corrected chi connectivity index (χ3v) is 6.27. The van der Waals surface area contributed by atoms with Crippen LogP contribution >= 0.6 is 0 Å². The van der Waals surface area contributed by atoms with Crippen molar-refractivity contribution in [2.45, 2.75) is 94.8 Å². The Bertz CT molecular complexity index is 326. The Hall–Kier alpha value is -0.0800. The highest BCUT2D eigenvalue weighted by Gasteiger charge is 2.46. The van der Waals surface area contributed by atoms with Gasteiger partial charge < -0.3 is 10.1 Å². The molecule has 1 aliphatic heterocycles. The maximum atomic E-state index is 6.54. The van der Waals surface area contributed by atoms with Gasteiger partial charge in [-0.2, -0.15) is 0 Å². The number of hydrogen-bond donors (Lipinski definition) is 1. The van der Waals surface area contributed by atoms with E-state index in [2.05, 4.69) is 5.32 Å². The molecule has 0 bridgehead atoms. The van der Waals surface area contributed by atoms with Gasteiger partial charge in [0.25, 0.3) is 0 Å². The van der Waals surface area contributed by atoms with Crippen molar-refractivity contribution < 1.29 is 4.74 Å². The third-order valence-electron chi connectivity index (χ3n) is 6.27. The van der Waals surface area contributed by atoms with E-state index in [-0.39, 0.29) is 0 Å². The molecule has 1 saturated heterocycles. The van der Waals surface area contributed by atoms with Gasteiger partial charge in [-0.05, 0) is 63.2 Å². The predicted molar refractivity (Wildman–Crippen MR) is 77.2 cm³/mol. The van der Waals surface area contributed by atoms with Crippen LogP contribution in [0, 0.1) is 5.41 Å². The summed E-state index contributed by atoms with van der Waals surface area (Å²) in [5.74, 6) is 0. The first-order valence-corrected chi connectivity index (χ1v) is 8.69. The van der Waals surface area contributed by atoms with Crippen LogP contribution in [0.3, 0.4) is 0 Å². The minimum Gasteiger partial charge on any atom is -0.372 e. The van der Waals surface area contributed by atoms with Crippen LogP contribution in [0.25, 0.3) is 0 Å². The molecule has 1 unspecified atom stereocenters. The van der Waals surface area contributed by atoms with Crippen LogP contribution in [-0.2, 0) is 4.74 Å². The summed E-state index contributed by atoms with van der Waals surface area (Å²) in [5.41, 5.74) is 0.941. The van der Waals surface area contributed by atoms with Crippen molar-refractivity contribution in [1.29, 1.82) is 0 Å². The topological polar surface area (TPSA) is 21.3 Å². The fourth-order valence-electron chi connectivity index (χ4n) is 4.69. The number of ether oxygens (including phenoxy) is 1. The van der Waals surface area contributed by atoms with E-state index >= 15 is 0 Å². The van der Waals surface area contributed by atoms with Crippen LogP contribution < -0.4 is 5.32 Å². The lowest BCUT2D eigenvalue weighted by atomic mass is 9.65. The van der Waals surface area contributed by atoms with E-state index in [0.717, 1.165) is 6.04 Å². The van der Waals surface area contributed by atoms with E-state index < -0.39 is 0 Å². The van der Waals surface area contributed by atoms with E-state index in [4.69, 9.17) is 4.74 Å². The van der Waals surface area contributed by atoms with Crippen LogP contribution in [0.15, 0.2) is 0 Å². The molecule has 0 aromatic heterocycles. The fourth-order valence-corrected chi connectivity index (χ4v) is 4.69. The monoisotopic (exact) mass is 263 g/mol. The first kappa shape index (κ1) is 12.6. The number of rotatable bonds is 5. The lowest BCUT2D eigenvalue weighted by Gasteiger charge is -2.44.